The van der Waals surface area contributed by atoms with Crippen molar-refractivity contribution < 1.29 is 9.59 Å². The Morgan fingerprint density at radius 1 is 1.17 bits per heavy atom. The summed E-state index contributed by atoms with van der Waals surface area (Å²) in [5.41, 5.74) is 8.18. The van der Waals surface area contributed by atoms with Gasteiger partial charge in [0.1, 0.15) is 18.2 Å². The van der Waals surface area contributed by atoms with Gasteiger partial charge in [0.25, 0.3) is 0 Å². The number of fused-ring (bicyclic) bond motifs is 1. The summed E-state index contributed by atoms with van der Waals surface area (Å²) in [5, 5.41) is 1.35. The Morgan fingerprint density at radius 2 is 1.93 bits per heavy atom. The third-order valence-corrected chi connectivity index (χ3v) is 5.57. The van der Waals surface area contributed by atoms with E-state index in [1.54, 1.807) is 0 Å². The minimum Gasteiger partial charge on any atom is -0.368 e. The molecule has 0 radical (unpaired) electrons. The highest BCUT2D eigenvalue weighted by Crippen LogP contribution is 2.34. The van der Waals surface area contributed by atoms with Crippen LogP contribution in [0.1, 0.15) is 0 Å². The van der Waals surface area contributed by atoms with Crippen LogP contribution >= 0.6 is 11.6 Å². The number of anilines is 1. The van der Waals surface area contributed by atoms with E-state index in [1.807, 2.05) is 47.4 Å². The molecule has 8 heteroatoms. The van der Waals surface area contributed by atoms with Crippen molar-refractivity contribution in [2.24, 2.45) is 5.73 Å². The summed E-state index contributed by atoms with van der Waals surface area (Å²) in [6, 6.07) is 12.8. The van der Waals surface area contributed by atoms with Crippen LogP contribution in [0.4, 0.5) is 5.82 Å². The van der Waals surface area contributed by atoms with Crippen LogP contribution in [0.5, 0.6) is 0 Å². The van der Waals surface area contributed by atoms with Crippen LogP contribution in [0.25, 0.3) is 22.0 Å². The number of hydrogen-bond donors (Lipinski definition) is 1. The molecule has 30 heavy (non-hydrogen) atoms. The highest BCUT2D eigenvalue weighted by molar-refractivity contribution is 6.34. The summed E-state index contributed by atoms with van der Waals surface area (Å²) in [6.07, 6.45) is 2.68. The number of rotatable bonds is 4. The Morgan fingerprint density at radius 3 is 2.63 bits per heavy atom. The summed E-state index contributed by atoms with van der Waals surface area (Å²) >= 11 is 6.60. The number of aromatic nitrogens is 2. The first-order valence-corrected chi connectivity index (χ1v) is 9.84. The Hall–Kier alpha value is -3.45. The van der Waals surface area contributed by atoms with Crippen molar-refractivity contribution in [3.05, 3.63) is 66.5 Å². The van der Waals surface area contributed by atoms with E-state index in [2.05, 4.69) is 16.5 Å². The molecule has 1 aliphatic heterocycles. The molecule has 1 saturated heterocycles. The van der Waals surface area contributed by atoms with E-state index in [0.29, 0.717) is 23.9 Å². The quantitative estimate of drug-likeness (QED) is 0.654. The standard InChI is InChI=1S/C22H20ClN5O2/c1-2-20(29)28-9-8-27(12-19(28)21(24)30)22-16-10-17(23)15(11-18(16)25-13-26-22)14-6-4-3-5-7-14/h2-7,10-11,13,19H,1,8-9,12H2,(H2,24,30). The first-order chi connectivity index (χ1) is 14.5. The van der Waals surface area contributed by atoms with E-state index in [0.717, 1.165) is 22.0 Å². The maximum atomic E-state index is 12.1. The van der Waals surface area contributed by atoms with Gasteiger partial charge in [0.2, 0.25) is 11.8 Å². The second-order valence-corrected chi connectivity index (χ2v) is 7.42. The second kappa shape index (κ2) is 8.12. The van der Waals surface area contributed by atoms with Gasteiger partial charge >= 0.3 is 0 Å². The first kappa shape index (κ1) is 19.8. The van der Waals surface area contributed by atoms with Crippen molar-refractivity contribution in [3.8, 4) is 11.1 Å². The number of nitrogens with two attached hydrogens (primary N) is 1. The van der Waals surface area contributed by atoms with Gasteiger partial charge in [-0.25, -0.2) is 9.97 Å². The molecule has 0 saturated carbocycles. The first-order valence-electron chi connectivity index (χ1n) is 9.46. The predicted octanol–water partition coefficient (Wildman–Crippen LogP) is 2.64. The fourth-order valence-corrected chi connectivity index (χ4v) is 4.03. The zero-order valence-corrected chi connectivity index (χ0v) is 16.9. The number of carbonyl (C=O) groups is 2. The normalized spacial score (nSPS) is 16.5. The van der Waals surface area contributed by atoms with Gasteiger partial charge in [-0.05, 0) is 23.8 Å². The minimum atomic E-state index is -0.770. The molecule has 2 aromatic carbocycles. The lowest BCUT2D eigenvalue weighted by Crippen LogP contribution is -2.59. The number of piperazine rings is 1. The molecule has 2 heterocycles. The van der Waals surface area contributed by atoms with E-state index in [9.17, 15) is 9.59 Å². The molecule has 4 rings (SSSR count). The third-order valence-electron chi connectivity index (χ3n) is 5.25. The number of benzene rings is 2. The molecule has 1 fully saturated rings. The smallest absolute Gasteiger partial charge is 0.246 e. The lowest BCUT2D eigenvalue weighted by Gasteiger charge is -2.40. The van der Waals surface area contributed by atoms with Gasteiger partial charge < -0.3 is 15.5 Å². The largest absolute Gasteiger partial charge is 0.368 e. The van der Waals surface area contributed by atoms with Gasteiger partial charge in [-0.2, -0.15) is 0 Å². The van der Waals surface area contributed by atoms with Crippen LogP contribution in [0, 0.1) is 0 Å². The molecule has 1 unspecified atom stereocenters. The van der Waals surface area contributed by atoms with Gasteiger partial charge in [-0.15, -0.1) is 0 Å². The summed E-state index contributed by atoms with van der Waals surface area (Å²) in [5.74, 6) is -0.238. The van der Waals surface area contributed by atoms with Crippen LogP contribution in [0.2, 0.25) is 5.02 Å². The molecule has 0 aliphatic carbocycles. The SMILES string of the molecule is C=CC(=O)N1CCN(c2ncnc3cc(-c4ccccc4)c(Cl)cc23)CC1C(N)=O. The van der Waals surface area contributed by atoms with E-state index in [-0.39, 0.29) is 12.5 Å². The molecule has 1 atom stereocenters. The highest BCUT2D eigenvalue weighted by Gasteiger charge is 2.34. The van der Waals surface area contributed by atoms with E-state index in [1.165, 1.54) is 17.3 Å². The molecule has 0 bridgehead atoms. The molecule has 1 aromatic heterocycles. The molecular formula is C22H20ClN5O2. The summed E-state index contributed by atoms with van der Waals surface area (Å²) in [6.45, 7) is 4.56. The third kappa shape index (κ3) is 3.59. The van der Waals surface area contributed by atoms with Gasteiger partial charge in [-0.1, -0.05) is 48.5 Å². The highest BCUT2D eigenvalue weighted by atomic mass is 35.5. The summed E-state index contributed by atoms with van der Waals surface area (Å²) in [7, 11) is 0. The second-order valence-electron chi connectivity index (χ2n) is 7.01. The topological polar surface area (TPSA) is 92.4 Å². The van der Waals surface area contributed by atoms with Crippen LogP contribution in [0.3, 0.4) is 0 Å². The number of halogens is 1. The van der Waals surface area contributed by atoms with Gasteiger partial charge in [0, 0.05) is 35.6 Å². The van der Waals surface area contributed by atoms with E-state index in [4.69, 9.17) is 17.3 Å². The number of primary amides is 1. The Balaban J connectivity index is 1.73. The Kier molecular flexibility index (Phi) is 5.37. The van der Waals surface area contributed by atoms with Crippen LogP contribution < -0.4 is 10.6 Å². The molecular weight excluding hydrogens is 402 g/mol. The van der Waals surface area contributed by atoms with Crippen molar-refractivity contribution in [3.63, 3.8) is 0 Å². The number of hydrogen-bond acceptors (Lipinski definition) is 5. The van der Waals surface area contributed by atoms with Gasteiger partial charge in [0.05, 0.1) is 5.52 Å². The molecule has 152 valence electrons. The van der Waals surface area contributed by atoms with Crippen molar-refractivity contribution in [1.29, 1.82) is 0 Å². The lowest BCUT2D eigenvalue weighted by molar-refractivity contribution is -0.136. The van der Waals surface area contributed by atoms with E-state index >= 15 is 0 Å². The number of nitrogens with zero attached hydrogens (tertiary/aromatic N) is 4. The zero-order chi connectivity index (χ0) is 21.3. The van der Waals surface area contributed by atoms with Gasteiger partial charge in [-0.3, -0.25) is 9.59 Å². The zero-order valence-electron chi connectivity index (χ0n) is 16.2. The average molecular weight is 422 g/mol. The lowest BCUT2D eigenvalue weighted by atomic mass is 10.0. The van der Waals surface area contributed by atoms with Crippen molar-refractivity contribution in [2.75, 3.05) is 24.5 Å². The van der Waals surface area contributed by atoms with Crippen molar-refractivity contribution in [1.82, 2.24) is 14.9 Å². The molecule has 2 N–H and O–H groups in total. The van der Waals surface area contributed by atoms with Crippen LogP contribution in [-0.2, 0) is 9.59 Å². The van der Waals surface area contributed by atoms with Crippen molar-refractivity contribution >= 4 is 40.1 Å². The molecule has 0 spiro atoms. The van der Waals surface area contributed by atoms with Crippen LogP contribution in [0.15, 0.2) is 61.4 Å². The maximum absolute atomic E-state index is 12.1. The number of amides is 2. The number of carbonyl (C=O) groups excluding carboxylic acids is 2. The summed E-state index contributed by atoms with van der Waals surface area (Å²) < 4.78 is 0. The molecule has 7 nitrogen and oxygen atoms in total. The van der Waals surface area contributed by atoms with Gasteiger partial charge in [0.15, 0.2) is 0 Å². The average Bonchev–Trinajstić information content (AvgIpc) is 2.78. The molecule has 1 aliphatic rings. The van der Waals surface area contributed by atoms with Crippen molar-refractivity contribution in [2.45, 2.75) is 6.04 Å². The monoisotopic (exact) mass is 421 g/mol. The molecule has 3 aromatic rings. The minimum absolute atomic E-state index is 0.235. The Bertz CT molecular complexity index is 1140. The van der Waals surface area contributed by atoms with E-state index < -0.39 is 11.9 Å². The Labute approximate surface area is 178 Å². The molecule has 2 amide bonds. The summed E-state index contributed by atoms with van der Waals surface area (Å²) in [4.78, 5) is 36.3. The van der Waals surface area contributed by atoms with Crippen LogP contribution in [-0.4, -0.2) is 52.4 Å². The fraction of sp³-hybridized carbons (Fsp3) is 0.182. The fourth-order valence-electron chi connectivity index (χ4n) is 3.75. The maximum Gasteiger partial charge on any atom is 0.246 e. The predicted molar refractivity (Wildman–Crippen MR) is 117 cm³/mol.